The van der Waals surface area contributed by atoms with Crippen molar-refractivity contribution >= 4 is 16.0 Å². The van der Waals surface area contributed by atoms with Gasteiger partial charge in [-0.15, -0.1) is 0 Å². The summed E-state index contributed by atoms with van der Waals surface area (Å²) < 4.78 is 31.6. The van der Waals surface area contributed by atoms with Gasteiger partial charge in [-0.2, -0.15) is 0 Å². The second-order valence-corrected chi connectivity index (χ2v) is 6.53. The molecule has 0 fully saturated rings. The predicted molar refractivity (Wildman–Crippen MR) is 78.4 cm³/mol. The Kier molecular flexibility index (Phi) is 6.32. The van der Waals surface area contributed by atoms with E-state index in [0.717, 1.165) is 0 Å². The molecule has 0 radical (unpaired) electrons. The molecule has 0 aliphatic heterocycles. The maximum Gasteiger partial charge on any atom is 0.338 e. The molecule has 1 rings (SSSR count). The molecule has 0 aliphatic carbocycles. The first kappa shape index (κ1) is 17.6. The van der Waals surface area contributed by atoms with Gasteiger partial charge in [0.25, 0.3) is 0 Å². The Labute approximate surface area is 125 Å². The molecule has 1 aromatic rings. The summed E-state index contributed by atoms with van der Waals surface area (Å²) in [5.74, 6) is -0.685. The highest BCUT2D eigenvalue weighted by Gasteiger charge is 2.21. The number of carbonyl (C=O) groups is 1. The molecule has 7 heteroatoms. The van der Waals surface area contributed by atoms with Crippen LogP contribution in [0.25, 0.3) is 0 Å². The van der Waals surface area contributed by atoms with Crippen LogP contribution in [0.5, 0.6) is 0 Å². The molecule has 2 atom stereocenters. The fourth-order valence-electron chi connectivity index (χ4n) is 1.57. The molecule has 118 valence electrons. The zero-order valence-corrected chi connectivity index (χ0v) is 13.2. The monoisotopic (exact) mass is 315 g/mol. The number of benzene rings is 1. The number of sulfonamides is 1. The van der Waals surface area contributed by atoms with Gasteiger partial charge in [0.2, 0.25) is 10.0 Å². The van der Waals surface area contributed by atoms with E-state index >= 15 is 0 Å². The van der Waals surface area contributed by atoms with E-state index in [4.69, 9.17) is 9.84 Å². The highest BCUT2D eigenvalue weighted by atomic mass is 32.2. The van der Waals surface area contributed by atoms with Crippen molar-refractivity contribution in [3.63, 3.8) is 0 Å². The molecule has 0 amide bonds. The van der Waals surface area contributed by atoms with Gasteiger partial charge < -0.3 is 9.84 Å². The number of hydrogen-bond acceptors (Lipinski definition) is 5. The van der Waals surface area contributed by atoms with Crippen LogP contribution in [0.3, 0.4) is 0 Å². The zero-order valence-electron chi connectivity index (χ0n) is 12.4. The van der Waals surface area contributed by atoms with Crippen LogP contribution in [0.2, 0.25) is 0 Å². The first-order valence-corrected chi connectivity index (χ1v) is 8.20. The van der Waals surface area contributed by atoms with Crippen LogP contribution in [0, 0.1) is 5.92 Å². The number of ether oxygens (including phenoxy) is 1. The lowest BCUT2D eigenvalue weighted by Crippen LogP contribution is -2.38. The lowest BCUT2D eigenvalue weighted by molar-refractivity contribution is 0.0526. The Morgan fingerprint density at radius 1 is 1.29 bits per heavy atom. The minimum atomic E-state index is -3.68. The number of hydrogen-bond donors (Lipinski definition) is 2. The van der Waals surface area contributed by atoms with Crippen molar-refractivity contribution in [3.05, 3.63) is 29.8 Å². The Morgan fingerprint density at radius 3 is 2.33 bits per heavy atom. The molecule has 0 aliphatic rings. The van der Waals surface area contributed by atoms with E-state index in [2.05, 4.69) is 4.72 Å². The fraction of sp³-hybridized carbons (Fsp3) is 0.500. The van der Waals surface area contributed by atoms with E-state index in [0.29, 0.717) is 5.56 Å². The number of esters is 1. The minimum absolute atomic E-state index is 0.0625. The Hall–Kier alpha value is -1.44. The molecular weight excluding hydrogens is 294 g/mol. The Balaban J connectivity index is 2.87. The summed E-state index contributed by atoms with van der Waals surface area (Å²) in [6.07, 6.45) is 0. The molecular formula is C14H21NO5S. The number of aliphatic hydroxyl groups excluding tert-OH is 1. The quantitative estimate of drug-likeness (QED) is 0.737. The molecule has 0 spiro atoms. The Bertz CT molecular complexity index is 568. The van der Waals surface area contributed by atoms with Crippen LogP contribution in [-0.4, -0.2) is 38.7 Å². The zero-order chi connectivity index (χ0) is 16.0. The van der Waals surface area contributed by atoms with Crippen molar-refractivity contribution in [2.24, 2.45) is 5.92 Å². The molecule has 0 bridgehead atoms. The van der Waals surface area contributed by atoms with E-state index in [-0.39, 0.29) is 24.0 Å². The second-order valence-electron chi connectivity index (χ2n) is 4.81. The molecule has 1 aromatic carbocycles. The van der Waals surface area contributed by atoms with E-state index < -0.39 is 22.0 Å². The molecule has 0 saturated carbocycles. The third-order valence-corrected chi connectivity index (χ3v) is 4.73. The summed E-state index contributed by atoms with van der Waals surface area (Å²) in [5.41, 5.74) is 0.299. The number of nitrogens with one attached hydrogen (secondary N) is 1. The topological polar surface area (TPSA) is 92.7 Å². The second kappa shape index (κ2) is 7.53. The van der Waals surface area contributed by atoms with Crippen molar-refractivity contribution < 1.29 is 23.1 Å². The summed E-state index contributed by atoms with van der Waals surface area (Å²) in [6.45, 7) is 5.29. The van der Waals surface area contributed by atoms with Crippen molar-refractivity contribution in [2.45, 2.75) is 31.7 Å². The highest BCUT2D eigenvalue weighted by molar-refractivity contribution is 7.89. The largest absolute Gasteiger partial charge is 0.462 e. The minimum Gasteiger partial charge on any atom is -0.462 e. The van der Waals surface area contributed by atoms with Crippen molar-refractivity contribution in [3.8, 4) is 0 Å². The summed E-state index contributed by atoms with van der Waals surface area (Å²) in [6, 6.07) is 5.12. The Morgan fingerprint density at radius 2 is 1.86 bits per heavy atom. The summed E-state index contributed by atoms with van der Waals surface area (Å²) in [4.78, 5) is 11.6. The highest BCUT2D eigenvalue weighted by Crippen LogP contribution is 2.13. The maximum atomic E-state index is 12.2. The van der Waals surface area contributed by atoms with E-state index in [1.54, 1.807) is 20.8 Å². The van der Waals surface area contributed by atoms with Gasteiger partial charge in [0.1, 0.15) is 0 Å². The van der Waals surface area contributed by atoms with Gasteiger partial charge in [0.05, 0.1) is 17.1 Å². The summed E-state index contributed by atoms with van der Waals surface area (Å²) >= 11 is 0. The molecule has 0 aromatic heterocycles. The molecule has 2 unspecified atom stereocenters. The van der Waals surface area contributed by atoms with Crippen LogP contribution in [0.15, 0.2) is 29.2 Å². The van der Waals surface area contributed by atoms with Gasteiger partial charge in [-0.05, 0) is 44.0 Å². The molecule has 2 N–H and O–H groups in total. The lowest BCUT2D eigenvalue weighted by atomic mass is 10.1. The van der Waals surface area contributed by atoms with Crippen molar-refractivity contribution in [2.75, 3.05) is 13.2 Å². The number of rotatable bonds is 7. The van der Waals surface area contributed by atoms with Crippen LogP contribution >= 0.6 is 0 Å². The van der Waals surface area contributed by atoms with Gasteiger partial charge in [-0.1, -0.05) is 6.92 Å². The van der Waals surface area contributed by atoms with Gasteiger partial charge in [-0.3, -0.25) is 0 Å². The van der Waals surface area contributed by atoms with E-state index in [1.807, 2.05) is 0 Å². The van der Waals surface area contributed by atoms with Crippen molar-refractivity contribution in [1.29, 1.82) is 0 Å². The number of carbonyl (C=O) groups excluding carboxylic acids is 1. The predicted octanol–water partition coefficient (Wildman–Crippen LogP) is 1.16. The van der Waals surface area contributed by atoms with Crippen molar-refractivity contribution in [1.82, 2.24) is 4.72 Å². The van der Waals surface area contributed by atoms with Crippen LogP contribution in [0.4, 0.5) is 0 Å². The normalized spacial score (nSPS) is 14.5. The average Bonchev–Trinajstić information content (AvgIpc) is 2.46. The average molecular weight is 315 g/mol. The first-order valence-electron chi connectivity index (χ1n) is 6.72. The summed E-state index contributed by atoms with van der Waals surface area (Å²) in [5, 5.41) is 9.03. The molecule has 0 saturated heterocycles. The number of aliphatic hydroxyl groups is 1. The van der Waals surface area contributed by atoms with E-state index in [1.165, 1.54) is 24.3 Å². The van der Waals surface area contributed by atoms with Gasteiger partial charge in [0, 0.05) is 12.6 Å². The molecule has 0 heterocycles. The smallest absolute Gasteiger partial charge is 0.338 e. The molecule has 21 heavy (non-hydrogen) atoms. The van der Waals surface area contributed by atoms with Crippen LogP contribution < -0.4 is 4.72 Å². The van der Waals surface area contributed by atoms with Gasteiger partial charge in [0.15, 0.2) is 0 Å². The molecule has 6 nitrogen and oxygen atoms in total. The third kappa shape index (κ3) is 4.80. The first-order chi connectivity index (χ1) is 9.81. The lowest BCUT2D eigenvalue weighted by Gasteiger charge is -2.19. The van der Waals surface area contributed by atoms with E-state index in [9.17, 15) is 13.2 Å². The third-order valence-electron chi connectivity index (χ3n) is 3.16. The van der Waals surface area contributed by atoms with Gasteiger partial charge in [-0.25, -0.2) is 17.9 Å². The standard InChI is InChI=1S/C14H21NO5S/c1-4-20-14(17)12-5-7-13(8-6-12)21(18,19)15-11(3)10(2)9-16/h5-8,10-11,15-16H,4,9H2,1-3H3. The maximum absolute atomic E-state index is 12.2. The summed E-state index contributed by atoms with van der Waals surface area (Å²) in [7, 11) is -3.68. The van der Waals surface area contributed by atoms with Gasteiger partial charge >= 0.3 is 5.97 Å². The van der Waals surface area contributed by atoms with Crippen LogP contribution in [-0.2, 0) is 14.8 Å². The SMILES string of the molecule is CCOC(=O)c1ccc(S(=O)(=O)NC(C)C(C)CO)cc1. The van der Waals surface area contributed by atoms with Crippen LogP contribution in [0.1, 0.15) is 31.1 Å². The fourth-order valence-corrected chi connectivity index (χ4v) is 2.92.